The van der Waals surface area contributed by atoms with Gasteiger partial charge in [-0.1, -0.05) is 43.1 Å². The number of aromatic nitrogens is 2. The lowest BCUT2D eigenvalue weighted by Gasteiger charge is -2.26. The number of fused-ring (bicyclic) bond motifs is 1. The normalized spacial score (nSPS) is 14.9. The molecule has 1 aromatic heterocycles. The van der Waals surface area contributed by atoms with Gasteiger partial charge >= 0.3 is 0 Å². The van der Waals surface area contributed by atoms with E-state index in [-0.39, 0.29) is 28.6 Å². The van der Waals surface area contributed by atoms with E-state index in [1.54, 1.807) is 18.2 Å². The maximum atomic E-state index is 14.4. The number of hydrogen-bond acceptors (Lipinski definition) is 6. The van der Waals surface area contributed by atoms with Crippen molar-refractivity contribution in [1.29, 1.82) is 5.26 Å². The van der Waals surface area contributed by atoms with Crippen LogP contribution in [0.2, 0.25) is 5.02 Å². The van der Waals surface area contributed by atoms with Gasteiger partial charge in [-0.2, -0.15) is 5.26 Å². The first kappa shape index (κ1) is 22.5. The molecule has 0 saturated heterocycles. The van der Waals surface area contributed by atoms with Crippen molar-refractivity contribution in [2.24, 2.45) is 5.73 Å². The molecule has 0 aliphatic carbocycles. The summed E-state index contributed by atoms with van der Waals surface area (Å²) >= 11 is 6.18. The molecule has 3 aromatic rings. The van der Waals surface area contributed by atoms with E-state index in [1.807, 2.05) is 13.0 Å². The van der Waals surface area contributed by atoms with Crippen molar-refractivity contribution in [3.05, 3.63) is 81.1 Å². The Morgan fingerprint density at radius 3 is 2.79 bits per heavy atom. The highest BCUT2D eigenvalue weighted by Crippen LogP contribution is 2.48. The average Bonchev–Trinajstić information content (AvgIpc) is 3.20. The van der Waals surface area contributed by atoms with Gasteiger partial charge in [-0.3, -0.25) is 5.10 Å². The van der Waals surface area contributed by atoms with Crippen molar-refractivity contribution < 1.29 is 18.6 Å². The zero-order valence-electron chi connectivity index (χ0n) is 18.1. The molecular weight excluding hydrogens is 447 g/mol. The van der Waals surface area contributed by atoms with Gasteiger partial charge in [0.2, 0.25) is 11.8 Å². The molecule has 3 N–H and O–H groups in total. The number of allylic oxidation sites excluding steroid dienone is 1. The Labute approximate surface area is 195 Å². The first-order valence-electron chi connectivity index (χ1n) is 10.4. The molecule has 1 atom stereocenters. The molecular formula is C24H22ClFN4O3. The minimum absolute atomic E-state index is 0.0320. The van der Waals surface area contributed by atoms with E-state index in [1.165, 1.54) is 19.2 Å². The number of aryl methyl sites for hydroxylation is 1. The monoisotopic (exact) mass is 468 g/mol. The maximum Gasteiger partial charge on any atom is 0.244 e. The Balaban J connectivity index is 1.86. The van der Waals surface area contributed by atoms with E-state index in [0.29, 0.717) is 34.9 Å². The van der Waals surface area contributed by atoms with Crippen molar-refractivity contribution in [2.45, 2.75) is 32.3 Å². The molecule has 4 rings (SSSR count). The van der Waals surface area contributed by atoms with Crippen LogP contribution in [0.1, 0.15) is 41.6 Å². The fourth-order valence-corrected chi connectivity index (χ4v) is 4.17. The third-order valence-electron chi connectivity index (χ3n) is 5.48. The predicted molar refractivity (Wildman–Crippen MR) is 121 cm³/mol. The van der Waals surface area contributed by atoms with E-state index >= 15 is 0 Å². The molecule has 0 bridgehead atoms. The van der Waals surface area contributed by atoms with E-state index in [2.05, 4.69) is 16.3 Å². The minimum atomic E-state index is -0.611. The number of ether oxygens (including phenoxy) is 3. The predicted octanol–water partition coefficient (Wildman–Crippen LogP) is 4.96. The fourth-order valence-electron chi connectivity index (χ4n) is 3.95. The maximum absolute atomic E-state index is 14.4. The van der Waals surface area contributed by atoms with Gasteiger partial charge in [0.1, 0.15) is 24.1 Å². The van der Waals surface area contributed by atoms with Gasteiger partial charge < -0.3 is 19.9 Å². The second-order valence-corrected chi connectivity index (χ2v) is 7.87. The van der Waals surface area contributed by atoms with Crippen LogP contribution in [0.4, 0.5) is 4.39 Å². The van der Waals surface area contributed by atoms with Crippen LogP contribution in [0, 0.1) is 17.1 Å². The highest BCUT2D eigenvalue weighted by atomic mass is 35.5. The van der Waals surface area contributed by atoms with Gasteiger partial charge in [-0.15, -0.1) is 5.10 Å². The summed E-state index contributed by atoms with van der Waals surface area (Å²) in [5.74, 6) is -0.0402. The number of halogens is 2. The van der Waals surface area contributed by atoms with Gasteiger partial charge in [0.15, 0.2) is 11.5 Å². The van der Waals surface area contributed by atoms with Crippen molar-refractivity contribution in [3.8, 4) is 23.4 Å². The molecule has 0 fully saturated rings. The van der Waals surface area contributed by atoms with Crippen LogP contribution in [0.3, 0.4) is 0 Å². The highest BCUT2D eigenvalue weighted by Gasteiger charge is 2.37. The van der Waals surface area contributed by atoms with Crippen LogP contribution < -0.4 is 19.9 Å². The van der Waals surface area contributed by atoms with E-state index in [9.17, 15) is 9.65 Å². The number of hydrogen-bond donors (Lipinski definition) is 2. The molecule has 9 heteroatoms. The van der Waals surface area contributed by atoms with Gasteiger partial charge in [0.25, 0.3) is 0 Å². The molecule has 0 radical (unpaired) electrons. The summed E-state index contributed by atoms with van der Waals surface area (Å²) in [5, 5.41) is 17.4. The molecule has 7 nitrogen and oxygen atoms in total. The summed E-state index contributed by atoms with van der Waals surface area (Å²) in [6.45, 7) is 1.91. The van der Waals surface area contributed by atoms with Crippen LogP contribution in [0.5, 0.6) is 17.4 Å². The topological polar surface area (TPSA) is 106 Å². The molecule has 0 amide bonds. The van der Waals surface area contributed by atoms with Crippen LogP contribution in [0.25, 0.3) is 0 Å². The highest BCUT2D eigenvalue weighted by molar-refractivity contribution is 6.31. The van der Waals surface area contributed by atoms with Crippen LogP contribution in [-0.4, -0.2) is 17.3 Å². The summed E-state index contributed by atoms with van der Waals surface area (Å²) in [6.07, 6.45) is 1.56. The van der Waals surface area contributed by atoms with Crippen LogP contribution in [0.15, 0.2) is 47.9 Å². The summed E-state index contributed by atoms with van der Waals surface area (Å²) in [7, 11) is 1.51. The molecule has 2 heterocycles. The Hall–Kier alpha value is -3.70. The standard InChI is InChI=1S/C24H22ClFN4O3/c1-3-6-18-21-20(14(11-27)23(28)33-24(21)30-29-18)13-7-4-10-19(31-2)22(13)32-12-15-16(25)8-5-9-17(15)26/h4-5,7-10,20H,3,6,12,28H2,1-2H3,(H,29,30). The smallest absolute Gasteiger partial charge is 0.244 e. The molecule has 1 unspecified atom stereocenters. The lowest BCUT2D eigenvalue weighted by molar-refractivity contribution is 0.275. The largest absolute Gasteiger partial charge is 0.493 e. The number of H-pyrrole nitrogens is 1. The van der Waals surface area contributed by atoms with Crippen LogP contribution in [-0.2, 0) is 13.0 Å². The SMILES string of the molecule is CCCc1[nH]nc2c1C(c1cccc(OC)c1OCc1c(F)cccc1Cl)C(C#N)=C(N)O2. The molecule has 1 aliphatic rings. The Kier molecular flexibility index (Phi) is 6.43. The number of nitrogens with two attached hydrogens (primary N) is 1. The van der Waals surface area contributed by atoms with Gasteiger partial charge in [0.05, 0.1) is 23.6 Å². The number of methoxy groups -OCH3 is 1. The zero-order valence-corrected chi connectivity index (χ0v) is 18.9. The second-order valence-electron chi connectivity index (χ2n) is 7.46. The summed E-state index contributed by atoms with van der Waals surface area (Å²) in [4.78, 5) is 0. The lowest BCUT2D eigenvalue weighted by atomic mass is 9.83. The minimum Gasteiger partial charge on any atom is -0.493 e. The molecule has 0 saturated carbocycles. The zero-order chi connectivity index (χ0) is 23.5. The van der Waals surface area contributed by atoms with E-state index in [0.717, 1.165) is 12.1 Å². The molecule has 170 valence electrons. The van der Waals surface area contributed by atoms with Crippen LogP contribution >= 0.6 is 11.6 Å². The number of nitrogens with one attached hydrogen (secondary N) is 1. The Morgan fingerprint density at radius 1 is 1.30 bits per heavy atom. The van der Waals surface area contributed by atoms with Gasteiger partial charge in [-0.25, -0.2) is 4.39 Å². The number of para-hydroxylation sites is 1. The summed E-state index contributed by atoms with van der Waals surface area (Å²) in [5.41, 5.74) is 8.69. The van der Waals surface area contributed by atoms with E-state index in [4.69, 9.17) is 31.5 Å². The summed E-state index contributed by atoms with van der Waals surface area (Å²) in [6, 6.07) is 11.9. The molecule has 2 aromatic carbocycles. The second kappa shape index (κ2) is 9.43. The van der Waals surface area contributed by atoms with Gasteiger partial charge in [0, 0.05) is 16.8 Å². The average molecular weight is 469 g/mol. The first-order valence-corrected chi connectivity index (χ1v) is 10.7. The number of rotatable bonds is 7. The third kappa shape index (κ3) is 4.08. The fraction of sp³-hybridized carbons (Fsp3) is 0.250. The third-order valence-corrected chi connectivity index (χ3v) is 5.83. The molecule has 1 aliphatic heterocycles. The molecule has 0 spiro atoms. The quantitative estimate of drug-likeness (QED) is 0.507. The van der Waals surface area contributed by atoms with Crippen molar-refractivity contribution in [3.63, 3.8) is 0 Å². The number of nitriles is 1. The molecule has 33 heavy (non-hydrogen) atoms. The van der Waals surface area contributed by atoms with E-state index < -0.39 is 11.7 Å². The number of nitrogens with zero attached hydrogens (tertiary/aromatic N) is 2. The van der Waals surface area contributed by atoms with Crippen molar-refractivity contribution in [2.75, 3.05) is 7.11 Å². The van der Waals surface area contributed by atoms with Crippen molar-refractivity contribution in [1.82, 2.24) is 10.2 Å². The van der Waals surface area contributed by atoms with Crippen molar-refractivity contribution >= 4 is 11.6 Å². The first-order chi connectivity index (χ1) is 16.0. The number of aromatic amines is 1. The Bertz CT molecular complexity index is 1240. The Morgan fingerprint density at radius 2 is 2.09 bits per heavy atom. The van der Waals surface area contributed by atoms with Gasteiger partial charge in [-0.05, 0) is 24.6 Å². The number of benzene rings is 2. The lowest BCUT2D eigenvalue weighted by Crippen LogP contribution is -2.22. The summed E-state index contributed by atoms with van der Waals surface area (Å²) < 4.78 is 31.6.